The Hall–Kier alpha value is -0.870. The maximum Gasteiger partial charge on any atom is 0.101 e. The van der Waals surface area contributed by atoms with Crippen LogP contribution in [0.25, 0.3) is 0 Å². The highest BCUT2D eigenvalue weighted by Crippen LogP contribution is 2.21. The molecule has 0 radical (unpaired) electrons. The monoisotopic (exact) mass is 183 g/mol. The second kappa shape index (κ2) is 4.39. The average Bonchev–Trinajstić information content (AvgIpc) is 2.54. The summed E-state index contributed by atoms with van der Waals surface area (Å²) >= 11 is 0. The summed E-state index contributed by atoms with van der Waals surface area (Å²) in [6, 6.07) is 0. The highest BCUT2D eigenvalue weighted by Gasteiger charge is 2.19. The molecule has 0 amide bonds. The molecular weight excluding hydrogens is 166 g/mol. The number of hydrogen-bond donors (Lipinski definition) is 2. The Kier molecular flexibility index (Phi) is 3.45. The maximum atomic E-state index is 9.84. The van der Waals surface area contributed by atoms with E-state index in [1.54, 1.807) is 6.33 Å². The molecule has 2 unspecified atom stereocenters. The van der Waals surface area contributed by atoms with Crippen molar-refractivity contribution in [2.24, 2.45) is 18.7 Å². The van der Waals surface area contributed by atoms with Crippen LogP contribution in [0.1, 0.15) is 25.1 Å². The van der Waals surface area contributed by atoms with Crippen LogP contribution in [0.4, 0.5) is 0 Å². The number of hydrogen-bond acceptors (Lipinski definition) is 3. The van der Waals surface area contributed by atoms with Crippen molar-refractivity contribution in [1.82, 2.24) is 9.55 Å². The van der Waals surface area contributed by atoms with Gasteiger partial charge < -0.3 is 15.4 Å². The van der Waals surface area contributed by atoms with Gasteiger partial charge >= 0.3 is 0 Å². The van der Waals surface area contributed by atoms with E-state index >= 15 is 0 Å². The predicted octanol–water partition coefficient (Wildman–Crippen LogP) is 0.438. The number of aryl methyl sites for hydroxylation is 1. The lowest BCUT2D eigenvalue weighted by atomic mass is 9.98. The van der Waals surface area contributed by atoms with Crippen molar-refractivity contribution in [3.63, 3.8) is 0 Å². The van der Waals surface area contributed by atoms with E-state index in [1.807, 2.05) is 24.7 Å². The van der Waals surface area contributed by atoms with Crippen molar-refractivity contribution in [3.05, 3.63) is 18.2 Å². The molecule has 0 aliphatic heterocycles. The molecule has 0 aliphatic rings. The summed E-state index contributed by atoms with van der Waals surface area (Å²) < 4.78 is 1.82. The molecular formula is C9H17N3O. The molecule has 0 saturated carbocycles. The molecule has 74 valence electrons. The molecule has 4 nitrogen and oxygen atoms in total. The molecule has 3 N–H and O–H groups in total. The Morgan fingerprint density at radius 3 is 2.77 bits per heavy atom. The Balaban J connectivity index is 2.71. The third-order valence-electron chi connectivity index (χ3n) is 2.30. The fourth-order valence-electron chi connectivity index (χ4n) is 1.35. The van der Waals surface area contributed by atoms with Gasteiger partial charge in [-0.25, -0.2) is 4.98 Å². The van der Waals surface area contributed by atoms with E-state index in [2.05, 4.69) is 4.98 Å². The molecule has 0 aromatic carbocycles. The van der Waals surface area contributed by atoms with Gasteiger partial charge in [0.2, 0.25) is 0 Å². The SMILES string of the molecule is CCC(CN)C(O)c1cn(C)cn1. The second-order valence-corrected chi connectivity index (χ2v) is 3.31. The molecule has 1 heterocycles. The topological polar surface area (TPSA) is 64.1 Å². The molecule has 2 atom stereocenters. The largest absolute Gasteiger partial charge is 0.386 e. The standard InChI is InChI=1S/C9H17N3O/c1-3-7(4-10)9(13)8-5-12(2)6-11-8/h5-7,9,13H,3-4,10H2,1-2H3. The summed E-state index contributed by atoms with van der Waals surface area (Å²) in [5.41, 5.74) is 6.24. The van der Waals surface area contributed by atoms with Gasteiger partial charge in [-0.1, -0.05) is 6.92 Å². The van der Waals surface area contributed by atoms with Crippen molar-refractivity contribution >= 4 is 0 Å². The van der Waals surface area contributed by atoms with Gasteiger partial charge in [0.1, 0.15) is 6.10 Å². The zero-order valence-electron chi connectivity index (χ0n) is 8.14. The number of rotatable bonds is 4. The second-order valence-electron chi connectivity index (χ2n) is 3.31. The number of nitrogens with two attached hydrogens (primary N) is 1. The summed E-state index contributed by atoms with van der Waals surface area (Å²) in [6.45, 7) is 2.51. The lowest BCUT2D eigenvalue weighted by Gasteiger charge is -2.17. The number of nitrogens with zero attached hydrogens (tertiary/aromatic N) is 2. The third kappa shape index (κ3) is 2.29. The summed E-state index contributed by atoms with van der Waals surface area (Å²) in [7, 11) is 1.88. The third-order valence-corrected chi connectivity index (χ3v) is 2.30. The van der Waals surface area contributed by atoms with E-state index < -0.39 is 6.10 Å². The van der Waals surface area contributed by atoms with Crippen LogP contribution < -0.4 is 5.73 Å². The van der Waals surface area contributed by atoms with E-state index in [0.717, 1.165) is 6.42 Å². The Labute approximate surface area is 78.4 Å². The molecule has 0 fully saturated rings. The Morgan fingerprint density at radius 1 is 1.69 bits per heavy atom. The fourth-order valence-corrected chi connectivity index (χ4v) is 1.35. The van der Waals surface area contributed by atoms with Crippen molar-refractivity contribution < 1.29 is 5.11 Å². The molecule has 4 heteroatoms. The minimum Gasteiger partial charge on any atom is -0.386 e. The smallest absolute Gasteiger partial charge is 0.101 e. The van der Waals surface area contributed by atoms with Gasteiger partial charge in [0.05, 0.1) is 12.0 Å². The maximum absolute atomic E-state index is 9.84. The number of aliphatic hydroxyl groups excluding tert-OH is 1. The number of aliphatic hydroxyl groups is 1. The molecule has 1 aromatic heterocycles. The van der Waals surface area contributed by atoms with Crippen LogP contribution >= 0.6 is 0 Å². The minimum absolute atomic E-state index is 0.106. The zero-order valence-corrected chi connectivity index (χ0v) is 8.14. The van der Waals surface area contributed by atoms with Crippen LogP contribution in [0.5, 0.6) is 0 Å². The lowest BCUT2D eigenvalue weighted by Crippen LogP contribution is -2.21. The predicted molar refractivity (Wildman–Crippen MR) is 51.0 cm³/mol. The molecule has 1 aromatic rings. The van der Waals surface area contributed by atoms with Gasteiger partial charge in [-0.05, 0) is 13.0 Å². The van der Waals surface area contributed by atoms with Gasteiger partial charge in [-0.2, -0.15) is 0 Å². The van der Waals surface area contributed by atoms with Gasteiger partial charge in [-0.3, -0.25) is 0 Å². The van der Waals surface area contributed by atoms with E-state index in [9.17, 15) is 5.11 Å². The first-order valence-corrected chi connectivity index (χ1v) is 4.55. The zero-order chi connectivity index (χ0) is 9.84. The van der Waals surface area contributed by atoms with E-state index in [-0.39, 0.29) is 5.92 Å². The van der Waals surface area contributed by atoms with Crippen molar-refractivity contribution in [2.45, 2.75) is 19.4 Å². The normalized spacial score (nSPS) is 15.7. The fraction of sp³-hybridized carbons (Fsp3) is 0.667. The minimum atomic E-state index is -0.531. The van der Waals surface area contributed by atoms with Crippen LogP contribution in [0.15, 0.2) is 12.5 Å². The van der Waals surface area contributed by atoms with Gasteiger partial charge in [0, 0.05) is 19.2 Å². The molecule has 1 rings (SSSR count). The number of aromatic nitrogens is 2. The van der Waals surface area contributed by atoms with Crippen LogP contribution in [-0.2, 0) is 7.05 Å². The Bertz CT molecular complexity index is 255. The van der Waals surface area contributed by atoms with E-state index in [1.165, 1.54) is 0 Å². The number of imidazole rings is 1. The molecule has 0 aliphatic carbocycles. The van der Waals surface area contributed by atoms with Crippen molar-refractivity contribution in [1.29, 1.82) is 0 Å². The van der Waals surface area contributed by atoms with Crippen LogP contribution in [0, 0.1) is 5.92 Å². The van der Waals surface area contributed by atoms with E-state index in [0.29, 0.717) is 12.2 Å². The van der Waals surface area contributed by atoms with Gasteiger partial charge in [-0.15, -0.1) is 0 Å². The Morgan fingerprint density at radius 2 is 2.38 bits per heavy atom. The van der Waals surface area contributed by atoms with Crippen LogP contribution in [-0.4, -0.2) is 21.2 Å². The van der Waals surface area contributed by atoms with Crippen molar-refractivity contribution in [2.75, 3.05) is 6.54 Å². The summed E-state index contributed by atoms with van der Waals surface area (Å²) in [5.74, 6) is 0.106. The van der Waals surface area contributed by atoms with Crippen molar-refractivity contribution in [3.8, 4) is 0 Å². The van der Waals surface area contributed by atoms with Crippen LogP contribution in [0.2, 0.25) is 0 Å². The molecule has 0 spiro atoms. The quantitative estimate of drug-likeness (QED) is 0.712. The first kappa shape index (κ1) is 10.2. The van der Waals surface area contributed by atoms with Crippen LogP contribution in [0.3, 0.4) is 0 Å². The first-order chi connectivity index (χ1) is 6.19. The molecule has 0 bridgehead atoms. The van der Waals surface area contributed by atoms with E-state index in [4.69, 9.17) is 5.73 Å². The highest BCUT2D eigenvalue weighted by atomic mass is 16.3. The van der Waals surface area contributed by atoms with Gasteiger partial charge in [0.25, 0.3) is 0 Å². The lowest BCUT2D eigenvalue weighted by molar-refractivity contribution is 0.106. The molecule has 0 saturated heterocycles. The summed E-state index contributed by atoms with van der Waals surface area (Å²) in [6.07, 6.45) is 3.84. The van der Waals surface area contributed by atoms with Gasteiger partial charge in [0.15, 0.2) is 0 Å². The summed E-state index contributed by atoms with van der Waals surface area (Å²) in [4.78, 5) is 4.09. The summed E-state index contributed by atoms with van der Waals surface area (Å²) in [5, 5.41) is 9.84. The average molecular weight is 183 g/mol. The highest BCUT2D eigenvalue weighted by molar-refractivity contribution is 5.02. The molecule has 13 heavy (non-hydrogen) atoms. The first-order valence-electron chi connectivity index (χ1n) is 4.55.